The van der Waals surface area contributed by atoms with Gasteiger partial charge < -0.3 is 15.0 Å². The van der Waals surface area contributed by atoms with E-state index in [-0.39, 0.29) is 6.04 Å². The van der Waals surface area contributed by atoms with E-state index >= 15 is 0 Å². The van der Waals surface area contributed by atoms with E-state index in [0.29, 0.717) is 6.61 Å². The van der Waals surface area contributed by atoms with Crippen LogP contribution in [0.4, 0.5) is 0 Å². The third-order valence-corrected chi connectivity index (χ3v) is 2.74. The van der Waals surface area contributed by atoms with Crippen LogP contribution in [0.3, 0.4) is 0 Å². The second-order valence-electron chi connectivity index (χ2n) is 3.78. The van der Waals surface area contributed by atoms with Crippen LogP contribution in [0, 0.1) is 0 Å². The van der Waals surface area contributed by atoms with Crippen molar-refractivity contribution in [2.24, 2.45) is 12.8 Å². The summed E-state index contributed by atoms with van der Waals surface area (Å²) in [5.41, 5.74) is 8.30. The second-order valence-corrected chi connectivity index (χ2v) is 3.78. The van der Waals surface area contributed by atoms with E-state index in [1.807, 2.05) is 18.5 Å². The van der Waals surface area contributed by atoms with E-state index in [1.54, 1.807) is 0 Å². The molecule has 0 spiro atoms. The van der Waals surface area contributed by atoms with Gasteiger partial charge in [-0.25, -0.2) is 0 Å². The van der Waals surface area contributed by atoms with Crippen LogP contribution in [0.15, 0.2) is 0 Å². The first kappa shape index (κ1) is 9.52. The normalized spacial score (nSPS) is 20.6. The number of fused-ring (bicyclic) bond motifs is 1. The molecule has 1 aliphatic carbocycles. The summed E-state index contributed by atoms with van der Waals surface area (Å²) in [4.78, 5) is 4.45. The molecule has 1 aromatic rings. The SMILES string of the molecule is CCOc1nc2c(n1C)CCC(N)C2. The lowest BCUT2D eigenvalue weighted by atomic mass is 9.97. The Kier molecular flexibility index (Phi) is 2.46. The standard InChI is InChI=1S/C10H17N3O/c1-3-14-10-12-8-6-7(11)4-5-9(8)13(10)2/h7H,3-6,11H2,1-2H3. The van der Waals surface area contributed by atoms with Gasteiger partial charge >= 0.3 is 0 Å². The largest absolute Gasteiger partial charge is 0.465 e. The number of hydrogen-bond acceptors (Lipinski definition) is 3. The molecule has 0 radical (unpaired) electrons. The van der Waals surface area contributed by atoms with E-state index in [9.17, 15) is 0 Å². The minimum Gasteiger partial charge on any atom is -0.465 e. The van der Waals surface area contributed by atoms with Crippen LogP contribution < -0.4 is 10.5 Å². The van der Waals surface area contributed by atoms with Gasteiger partial charge in [0.25, 0.3) is 6.01 Å². The lowest BCUT2D eigenvalue weighted by molar-refractivity contribution is 0.301. The lowest BCUT2D eigenvalue weighted by Gasteiger charge is -2.17. The van der Waals surface area contributed by atoms with Gasteiger partial charge in [-0.3, -0.25) is 0 Å². The highest BCUT2D eigenvalue weighted by Gasteiger charge is 2.22. The zero-order valence-electron chi connectivity index (χ0n) is 8.79. The summed E-state index contributed by atoms with van der Waals surface area (Å²) in [5, 5.41) is 0. The van der Waals surface area contributed by atoms with Gasteiger partial charge in [-0.15, -0.1) is 0 Å². The van der Waals surface area contributed by atoms with Gasteiger partial charge in [-0.2, -0.15) is 4.98 Å². The summed E-state index contributed by atoms with van der Waals surface area (Å²) in [6.07, 6.45) is 2.96. The Balaban J connectivity index is 2.31. The Morgan fingerprint density at radius 1 is 1.64 bits per heavy atom. The smallest absolute Gasteiger partial charge is 0.296 e. The molecule has 0 bridgehead atoms. The number of nitrogens with two attached hydrogens (primary N) is 1. The van der Waals surface area contributed by atoms with Crippen LogP contribution in [0.1, 0.15) is 24.7 Å². The molecule has 2 rings (SSSR count). The fourth-order valence-corrected chi connectivity index (χ4v) is 1.97. The molecule has 0 fully saturated rings. The van der Waals surface area contributed by atoms with Gasteiger partial charge in [0.05, 0.1) is 12.3 Å². The van der Waals surface area contributed by atoms with Crippen molar-refractivity contribution < 1.29 is 4.74 Å². The van der Waals surface area contributed by atoms with Crippen LogP contribution in [0.2, 0.25) is 0 Å². The number of imidazole rings is 1. The first-order valence-electron chi connectivity index (χ1n) is 5.15. The molecule has 14 heavy (non-hydrogen) atoms. The molecular weight excluding hydrogens is 178 g/mol. The number of aromatic nitrogens is 2. The van der Waals surface area contributed by atoms with Crippen LogP contribution in [0.25, 0.3) is 0 Å². The molecule has 0 aliphatic heterocycles. The molecule has 0 saturated heterocycles. The average Bonchev–Trinajstić information content (AvgIpc) is 2.44. The fourth-order valence-electron chi connectivity index (χ4n) is 1.97. The van der Waals surface area contributed by atoms with Crippen molar-refractivity contribution in [1.82, 2.24) is 9.55 Å². The van der Waals surface area contributed by atoms with Crippen LogP contribution in [0.5, 0.6) is 6.01 Å². The number of rotatable bonds is 2. The van der Waals surface area contributed by atoms with Crippen molar-refractivity contribution in [2.45, 2.75) is 32.2 Å². The molecule has 2 N–H and O–H groups in total. The van der Waals surface area contributed by atoms with Gasteiger partial charge in [0.2, 0.25) is 0 Å². The first-order valence-corrected chi connectivity index (χ1v) is 5.15. The molecule has 1 unspecified atom stereocenters. The summed E-state index contributed by atoms with van der Waals surface area (Å²) in [5.74, 6) is 0. The highest BCUT2D eigenvalue weighted by molar-refractivity contribution is 5.23. The second kappa shape index (κ2) is 3.61. The molecule has 4 nitrogen and oxygen atoms in total. The number of hydrogen-bond donors (Lipinski definition) is 1. The van der Waals surface area contributed by atoms with Gasteiger partial charge in [-0.1, -0.05) is 0 Å². The van der Waals surface area contributed by atoms with Gasteiger partial charge in [0.1, 0.15) is 0 Å². The van der Waals surface area contributed by atoms with Crippen molar-refractivity contribution >= 4 is 0 Å². The van der Waals surface area contributed by atoms with Crippen LogP contribution >= 0.6 is 0 Å². The third-order valence-electron chi connectivity index (χ3n) is 2.74. The maximum absolute atomic E-state index is 5.89. The van der Waals surface area contributed by atoms with E-state index in [1.165, 1.54) is 5.69 Å². The maximum Gasteiger partial charge on any atom is 0.296 e. The summed E-state index contributed by atoms with van der Waals surface area (Å²) >= 11 is 0. The molecular formula is C10H17N3O. The molecule has 1 aromatic heterocycles. The van der Waals surface area contributed by atoms with Gasteiger partial charge in [-0.05, 0) is 19.8 Å². The highest BCUT2D eigenvalue weighted by Crippen LogP contribution is 2.24. The molecule has 1 heterocycles. The predicted octanol–water partition coefficient (Wildman–Crippen LogP) is 0.635. The first-order chi connectivity index (χ1) is 6.72. The fraction of sp³-hybridized carbons (Fsp3) is 0.700. The molecule has 1 aliphatic rings. The molecule has 0 amide bonds. The lowest BCUT2D eigenvalue weighted by Crippen LogP contribution is -2.28. The summed E-state index contributed by atoms with van der Waals surface area (Å²) in [7, 11) is 2.01. The van der Waals surface area contributed by atoms with Crippen LogP contribution in [-0.2, 0) is 19.9 Å². The zero-order valence-corrected chi connectivity index (χ0v) is 8.79. The zero-order chi connectivity index (χ0) is 10.1. The van der Waals surface area contributed by atoms with E-state index in [4.69, 9.17) is 10.5 Å². The van der Waals surface area contributed by atoms with E-state index in [0.717, 1.165) is 31.0 Å². The average molecular weight is 195 g/mol. The maximum atomic E-state index is 5.89. The van der Waals surface area contributed by atoms with Gasteiger partial charge in [0.15, 0.2) is 0 Å². The van der Waals surface area contributed by atoms with Crippen molar-refractivity contribution in [1.29, 1.82) is 0 Å². The summed E-state index contributed by atoms with van der Waals surface area (Å²) in [6.45, 7) is 2.63. The predicted molar refractivity (Wildman–Crippen MR) is 54.4 cm³/mol. The Labute approximate surface area is 84.1 Å². The van der Waals surface area contributed by atoms with Crippen LogP contribution in [-0.4, -0.2) is 22.2 Å². The highest BCUT2D eigenvalue weighted by atomic mass is 16.5. The number of nitrogens with zero attached hydrogens (tertiary/aromatic N) is 2. The Morgan fingerprint density at radius 3 is 3.14 bits per heavy atom. The van der Waals surface area contributed by atoms with Crippen molar-refractivity contribution in [3.05, 3.63) is 11.4 Å². The van der Waals surface area contributed by atoms with Crippen molar-refractivity contribution in [2.75, 3.05) is 6.61 Å². The Bertz CT molecular complexity index is 332. The molecule has 1 atom stereocenters. The third kappa shape index (κ3) is 1.50. The Morgan fingerprint density at radius 2 is 2.43 bits per heavy atom. The van der Waals surface area contributed by atoms with E-state index in [2.05, 4.69) is 4.98 Å². The monoisotopic (exact) mass is 195 g/mol. The molecule has 4 heteroatoms. The molecule has 0 aromatic carbocycles. The van der Waals surface area contributed by atoms with E-state index < -0.39 is 0 Å². The Hall–Kier alpha value is -1.03. The number of ether oxygens (including phenoxy) is 1. The quantitative estimate of drug-likeness (QED) is 0.753. The topological polar surface area (TPSA) is 53.1 Å². The van der Waals surface area contributed by atoms with Crippen molar-refractivity contribution in [3.63, 3.8) is 0 Å². The molecule has 0 saturated carbocycles. The summed E-state index contributed by atoms with van der Waals surface area (Å²) < 4.78 is 7.48. The summed E-state index contributed by atoms with van der Waals surface area (Å²) in [6, 6.07) is 0.999. The van der Waals surface area contributed by atoms with Gasteiger partial charge in [0, 0.05) is 25.2 Å². The molecule has 78 valence electrons. The van der Waals surface area contributed by atoms with Crippen molar-refractivity contribution in [3.8, 4) is 6.01 Å². The minimum absolute atomic E-state index is 0.270. The minimum atomic E-state index is 0.270.